The van der Waals surface area contributed by atoms with Crippen molar-refractivity contribution >= 4 is 17.5 Å². The molecular formula is C17H24N4O2. The highest BCUT2D eigenvalue weighted by Gasteiger charge is 2.38. The van der Waals surface area contributed by atoms with E-state index in [4.69, 9.17) is 5.73 Å². The summed E-state index contributed by atoms with van der Waals surface area (Å²) in [5.41, 5.74) is 6.41. The van der Waals surface area contributed by atoms with Crippen molar-refractivity contribution in [2.45, 2.75) is 18.9 Å². The number of nitrogens with two attached hydrogens (primary N) is 1. The van der Waals surface area contributed by atoms with Gasteiger partial charge in [-0.2, -0.15) is 0 Å². The minimum Gasteiger partial charge on any atom is -0.340 e. The lowest BCUT2D eigenvalue weighted by atomic mass is 10.1. The predicted octanol–water partition coefficient (Wildman–Crippen LogP) is 0.285. The van der Waals surface area contributed by atoms with Crippen molar-refractivity contribution in [3.8, 4) is 0 Å². The fraction of sp³-hybridized carbons (Fsp3) is 0.529. The molecule has 0 bridgehead atoms. The van der Waals surface area contributed by atoms with E-state index in [9.17, 15) is 9.59 Å². The number of piperazine rings is 1. The van der Waals surface area contributed by atoms with Gasteiger partial charge in [-0.1, -0.05) is 18.2 Å². The van der Waals surface area contributed by atoms with Gasteiger partial charge in [-0.25, -0.2) is 0 Å². The largest absolute Gasteiger partial charge is 0.340 e. The van der Waals surface area contributed by atoms with Crippen LogP contribution in [0.2, 0.25) is 0 Å². The van der Waals surface area contributed by atoms with Crippen molar-refractivity contribution < 1.29 is 9.59 Å². The highest BCUT2D eigenvalue weighted by Crippen LogP contribution is 2.24. The zero-order chi connectivity index (χ0) is 16.2. The molecule has 124 valence electrons. The van der Waals surface area contributed by atoms with Gasteiger partial charge in [-0.3, -0.25) is 14.5 Å². The van der Waals surface area contributed by atoms with Crippen molar-refractivity contribution in [3.05, 3.63) is 30.3 Å². The highest BCUT2D eigenvalue weighted by atomic mass is 16.2. The quantitative estimate of drug-likeness (QED) is 0.866. The number of carbonyl (C=O) groups is 2. The molecule has 0 radical (unpaired) electrons. The summed E-state index contributed by atoms with van der Waals surface area (Å²) < 4.78 is 0. The number of rotatable bonds is 4. The topological polar surface area (TPSA) is 69.9 Å². The van der Waals surface area contributed by atoms with E-state index < -0.39 is 0 Å². The summed E-state index contributed by atoms with van der Waals surface area (Å²) in [5, 5.41) is 0. The van der Waals surface area contributed by atoms with Gasteiger partial charge in [0.15, 0.2) is 0 Å². The summed E-state index contributed by atoms with van der Waals surface area (Å²) in [6.45, 7) is 4.05. The molecule has 0 aliphatic carbocycles. The molecule has 23 heavy (non-hydrogen) atoms. The third-order valence-electron chi connectivity index (χ3n) is 4.71. The van der Waals surface area contributed by atoms with Gasteiger partial charge in [0.1, 0.15) is 0 Å². The van der Waals surface area contributed by atoms with Crippen LogP contribution in [0.4, 0.5) is 5.69 Å². The lowest BCUT2D eigenvalue weighted by Gasteiger charge is -2.37. The molecule has 1 aromatic rings. The summed E-state index contributed by atoms with van der Waals surface area (Å²) in [5.74, 6) is 0.300. The normalized spacial score (nSPS) is 22.7. The van der Waals surface area contributed by atoms with Crippen LogP contribution < -0.4 is 10.6 Å². The molecule has 2 heterocycles. The number of carbonyl (C=O) groups excluding carboxylic acids is 2. The molecule has 1 atom stereocenters. The van der Waals surface area contributed by atoms with Gasteiger partial charge in [-0.15, -0.1) is 0 Å². The molecule has 6 nitrogen and oxygen atoms in total. The highest BCUT2D eigenvalue weighted by molar-refractivity contribution is 5.99. The predicted molar refractivity (Wildman–Crippen MR) is 89.0 cm³/mol. The summed E-state index contributed by atoms with van der Waals surface area (Å²) in [4.78, 5) is 30.5. The Balaban J connectivity index is 1.57. The number of amides is 2. The van der Waals surface area contributed by atoms with Gasteiger partial charge in [-0.05, 0) is 18.6 Å². The van der Waals surface area contributed by atoms with Crippen LogP contribution in [-0.2, 0) is 9.59 Å². The van der Waals surface area contributed by atoms with Gasteiger partial charge >= 0.3 is 0 Å². The molecule has 2 aliphatic rings. The van der Waals surface area contributed by atoms with Gasteiger partial charge in [0.2, 0.25) is 11.8 Å². The van der Waals surface area contributed by atoms with Crippen molar-refractivity contribution in [3.63, 3.8) is 0 Å². The third-order valence-corrected chi connectivity index (χ3v) is 4.71. The lowest BCUT2D eigenvalue weighted by molar-refractivity contribution is -0.133. The van der Waals surface area contributed by atoms with Crippen molar-refractivity contribution in [1.29, 1.82) is 0 Å². The maximum atomic E-state index is 12.7. The number of benzene rings is 1. The molecule has 2 N–H and O–H groups in total. The molecule has 0 spiro atoms. The number of hydrogen-bond donors (Lipinski definition) is 1. The molecule has 0 saturated carbocycles. The van der Waals surface area contributed by atoms with Gasteiger partial charge in [0.25, 0.3) is 0 Å². The Kier molecular flexibility index (Phi) is 4.93. The molecule has 1 unspecified atom stereocenters. The fourth-order valence-electron chi connectivity index (χ4n) is 3.43. The van der Waals surface area contributed by atoms with Crippen LogP contribution in [0.25, 0.3) is 0 Å². The second kappa shape index (κ2) is 7.10. The molecule has 1 aromatic carbocycles. The Morgan fingerprint density at radius 3 is 2.43 bits per heavy atom. The van der Waals surface area contributed by atoms with Crippen LogP contribution in [-0.4, -0.2) is 66.9 Å². The van der Waals surface area contributed by atoms with E-state index in [1.807, 2.05) is 40.1 Å². The average Bonchev–Trinajstić information content (AvgIpc) is 2.97. The van der Waals surface area contributed by atoms with E-state index in [0.717, 1.165) is 31.7 Å². The Morgan fingerprint density at radius 1 is 1.09 bits per heavy atom. The molecule has 0 aromatic heterocycles. The van der Waals surface area contributed by atoms with Crippen molar-refractivity contribution in [2.75, 3.05) is 44.2 Å². The molecule has 2 fully saturated rings. The van der Waals surface area contributed by atoms with Crippen LogP contribution in [0.15, 0.2) is 30.3 Å². The summed E-state index contributed by atoms with van der Waals surface area (Å²) in [7, 11) is 0. The van der Waals surface area contributed by atoms with Crippen molar-refractivity contribution in [1.82, 2.24) is 9.80 Å². The Morgan fingerprint density at radius 2 is 1.78 bits per heavy atom. The molecule has 3 rings (SSSR count). The van der Waals surface area contributed by atoms with Gasteiger partial charge in [0.05, 0.1) is 6.04 Å². The molecule has 2 saturated heterocycles. The zero-order valence-corrected chi connectivity index (χ0v) is 13.4. The van der Waals surface area contributed by atoms with Crippen LogP contribution in [0.3, 0.4) is 0 Å². The number of hydrogen-bond acceptors (Lipinski definition) is 4. The first kappa shape index (κ1) is 16.0. The summed E-state index contributed by atoms with van der Waals surface area (Å²) in [6.07, 6.45) is 1.26. The maximum absolute atomic E-state index is 12.7. The van der Waals surface area contributed by atoms with E-state index in [2.05, 4.69) is 4.90 Å². The first-order valence-corrected chi connectivity index (χ1v) is 8.29. The second-order valence-electron chi connectivity index (χ2n) is 6.09. The van der Waals surface area contributed by atoms with E-state index in [-0.39, 0.29) is 17.9 Å². The Labute approximate surface area is 136 Å². The minimum atomic E-state index is -0.0537. The number of para-hydroxylation sites is 1. The molecule has 2 aliphatic heterocycles. The van der Waals surface area contributed by atoms with E-state index in [0.29, 0.717) is 26.1 Å². The number of anilines is 1. The van der Waals surface area contributed by atoms with Crippen LogP contribution in [0.5, 0.6) is 0 Å². The summed E-state index contributed by atoms with van der Waals surface area (Å²) >= 11 is 0. The van der Waals surface area contributed by atoms with Gasteiger partial charge in [0, 0.05) is 51.4 Å². The van der Waals surface area contributed by atoms with Crippen LogP contribution >= 0.6 is 0 Å². The standard InChI is InChI=1S/C17H24N4O2/c18-8-6-16(22)20-12-10-19(11-13-20)15-7-9-21(17(15)23)14-4-2-1-3-5-14/h1-5,15H,6-13,18H2. The maximum Gasteiger partial charge on any atom is 0.244 e. The third kappa shape index (κ3) is 3.38. The average molecular weight is 316 g/mol. The van der Waals surface area contributed by atoms with Crippen LogP contribution in [0.1, 0.15) is 12.8 Å². The van der Waals surface area contributed by atoms with Crippen molar-refractivity contribution in [2.24, 2.45) is 5.73 Å². The first-order valence-electron chi connectivity index (χ1n) is 8.29. The Bertz CT molecular complexity index is 555. The SMILES string of the molecule is NCCC(=O)N1CCN(C2CCN(c3ccccc3)C2=O)CC1. The molecule has 6 heteroatoms. The van der Waals surface area contributed by atoms with Gasteiger partial charge < -0.3 is 15.5 Å². The second-order valence-corrected chi connectivity index (χ2v) is 6.09. The lowest BCUT2D eigenvalue weighted by Crippen LogP contribution is -2.54. The smallest absolute Gasteiger partial charge is 0.244 e. The monoisotopic (exact) mass is 316 g/mol. The molecule has 2 amide bonds. The summed E-state index contributed by atoms with van der Waals surface area (Å²) in [6, 6.07) is 9.77. The van der Waals surface area contributed by atoms with E-state index >= 15 is 0 Å². The zero-order valence-electron chi connectivity index (χ0n) is 13.4. The number of nitrogens with zero attached hydrogens (tertiary/aromatic N) is 3. The first-order chi connectivity index (χ1) is 11.2. The van der Waals surface area contributed by atoms with E-state index in [1.165, 1.54) is 0 Å². The van der Waals surface area contributed by atoms with Crippen LogP contribution in [0, 0.1) is 0 Å². The fourth-order valence-corrected chi connectivity index (χ4v) is 3.43. The van der Waals surface area contributed by atoms with E-state index in [1.54, 1.807) is 0 Å². The molecular weight excluding hydrogens is 292 g/mol. The minimum absolute atomic E-state index is 0.0537. The Hall–Kier alpha value is -1.92.